The van der Waals surface area contributed by atoms with E-state index in [0.29, 0.717) is 6.04 Å². The van der Waals surface area contributed by atoms with Crippen molar-refractivity contribution in [3.8, 4) is 0 Å². The molecule has 0 aliphatic rings. The third kappa shape index (κ3) is 6.49. The highest BCUT2D eigenvalue weighted by atomic mass is 15.1. The SMILES string of the molecule is CCCCCNCC(C(CC)CC)N(C)C. The Morgan fingerprint density at radius 3 is 2.06 bits per heavy atom. The third-order valence-corrected chi connectivity index (χ3v) is 3.57. The van der Waals surface area contributed by atoms with Crippen molar-refractivity contribution in [2.24, 2.45) is 5.92 Å². The van der Waals surface area contributed by atoms with E-state index in [9.17, 15) is 0 Å². The number of nitrogens with one attached hydrogen (secondary N) is 1. The second-order valence-electron chi connectivity index (χ2n) is 5.02. The Morgan fingerprint density at radius 2 is 1.62 bits per heavy atom. The molecule has 0 rings (SSSR count). The van der Waals surface area contributed by atoms with E-state index < -0.39 is 0 Å². The number of hydrogen-bond donors (Lipinski definition) is 1. The van der Waals surface area contributed by atoms with Gasteiger partial charge in [0.15, 0.2) is 0 Å². The highest BCUT2D eigenvalue weighted by molar-refractivity contribution is 4.76. The summed E-state index contributed by atoms with van der Waals surface area (Å²) in [4.78, 5) is 2.38. The molecule has 2 nitrogen and oxygen atoms in total. The summed E-state index contributed by atoms with van der Waals surface area (Å²) in [5, 5.41) is 3.61. The fraction of sp³-hybridized carbons (Fsp3) is 1.00. The highest BCUT2D eigenvalue weighted by Gasteiger charge is 2.19. The topological polar surface area (TPSA) is 15.3 Å². The number of unbranched alkanes of at least 4 members (excludes halogenated alkanes) is 2. The lowest BCUT2D eigenvalue weighted by atomic mass is 9.93. The molecule has 16 heavy (non-hydrogen) atoms. The van der Waals surface area contributed by atoms with Crippen molar-refractivity contribution in [1.29, 1.82) is 0 Å². The van der Waals surface area contributed by atoms with Crippen LogP contribution in [0.2, 0.25) is 0 Å². The molecule has 1 N–H and O–H groups in total. The van der Waals surface area contributed by atoms with E-state index in [1.807, 2.05) is 0 Å². The lowest BCUT2D eigenvalue weighted by Crippen LogP contribution is -2.43. The van der Waals surface area contributed by atoms with Gasteiger partial charge in [0.1, 0.15) is 0 Å². The summed E-state index contributed by atoms with van der Waals surface area (Å²) in [6.45, 7) is 9.19. The zero-order valence-corrected chi connectivity index (χ0v) is 12.1. The third-order valence-electron chi connectivity index (χ3n) is 3.57. The average molecular weight is 228 g/mol. The van der Waals surface area contributed by atoms with E-state index in [1.54, 1.807) is 0 Å². The minimum atomic E-state index is 0.691. The number of likely N-dealkylation sites (N-methyl/N-ethyl adjacent to an activating group) is 1. The summed E-state index contributed by atoms with van der Waals surface area (Å²) in [5.41, 5.74) is 0. The summed E-state index contributed by atoms with van der Waals surface area (Å²) in [5.74, 6) is 0.827. The molecule has 0 amide bonds. The molecule has 0 aromatic rings. The quantitative estimate of drug-likeness (QED) is 0.578. The van der Waals surface area contributed by atoms with Crippen LogP contribution in [0.25, 0.3) is 0 Å². The van der Waals surface area contributed by atoms with Crippen LogP contribution in [-0.2, 0) is 0 Å². The molecule has 0 saturated carbocycles. The van der Waals surface area contributed by atoms with Crippen LogP contribution in [0.5, 0.6) is 0 Å². The van der Waals surface area contributed by atoms with Gasteiger partial charge < -0.3 is 10.2 Å². The Hall–Kier alpha value is -0.0800. The summed E-state index contributed by atoms with van der Waals surface area (Å²) in [7, 11) is 4.41. The van der Waals surface area contributed by atoms with Gasteiger partial charge in [0, 0.05) is 12.6 Å². The van der Waals surface area contributed by atoms with E-state index in [1.165, 1.54) is 38.6 Å². The van der Waals surface area contributed by atoms with E-state index >= 15 is 0 Å². The molecule has 0 aliphatic heterocycles. The van der Waals surface area contributed by atoms with Gasteiger partial charge in [0.05, 0.1) is 0 Å². The smallest absolute Gasteiger partial charge is 0.0242 e. The van der Waals surface area contributed by atoms with E-state index in [-0.39, 0.29) is 0 Å². The number of hydrogen-bond acceptors (Lipinski definition) is 2. The van der Waals surface area contributed by atoms with Gasteiger partial charge in [-0.15, -0.1) is 0 Å². The number of rotatable bonds is 10. The molecular formula is C14H32N2. The predicted octanol–water partition coefficient (Wildman–Crippen LogP) is 3.13. The van der Waals surface area contributed by atoms with Crippen molar-refractivity contribution in [3.63, 3.8) is 0 Å². The first kappa shape index (κ1) is 15.9. The molecule has 0 bridgehead atoms. The van der Waals surface area contributed by atoms with Crippen LogP contribution in [0.3, 0.4) is 0 Å². The van der Waals surface area contributed by atoms with E-state index in [4.69, 9.17) is 0 Å². The monoisotopic (exact) mass is 228 g/mol. The summed E-state index contributed by atoms with van der Waals surface area (Å²) in [6.07, 6.45) is 6.56. The molecule has 1 atom stereocenters. The molecular weight excluding hydrogens is 196 g/mol. The van der Waals surface area contributed by atoms with Gasteiger partial charge >= 0.3 is 0 Å². The van der Waals surface area contributed by atoms with Gasteiger partial charge in [-0.3, -0.25) is 0 Å². The Kier molecular flexibility index (Phi) is 10.0. The maximum absolute atomic E-state index is 3.61. The van der Waals surface area contributed by atoms with Crippen LogP contribution < -0.4 is 5.32 Å². The Labute approximate surface area is 103 Å². The lowest BCUT2D eigenvalue weighted by molar-refractivity contribution is 0.194. The van der Waals surface area contributed by atoms with Gasteiger partial charge in [0.2, 0.25) is 0 Å². The maximum Gasteiger partial charge on any atom is 0.0242 e. The Bertz CT molecular complexity index is 142. The predicted molar refractivity (Wildman–Crippen MR) is 73.9 cm³/mol. The van der Waals surface area contributed by atoms with E-state index in [0.717, 1.165) is 12.5 Å². The van der Waals surface area contributed by atoms with Crippen LogP contribution in [0.15, 0.2) is 0 Å². The average Bonchev–Trinajstić information content (AvgIpc) is 2.27. The van der Waals surface area contributed by atoms with Gasteiger partial charge in [-0.1, -0.05) is 46.5 Å². The van der Waals surface area contributed by atoms with Gasteiger partial charge in [-0.2, -0.15) is 0 Å². The molecule has 0 saturated heterocycles. The second-order valence-corrected chi connectivity index (χ2v) is 5.02. The van der Waals surface area contributed by atoms with Crippen LogP contribution in [0, 0.1) is 5.92 Å². The van der Waals surface area contributed by atoms with Crippen molar-refractivity contribution >= 4 is 0 Å². The second kappa shape index (κ2) is 10.1. The van der Waals surface area contributed by atoms with Crippen LogP contribution in [0.1, 0.15) is 52.9 Å². The molecule has 0 aromatic carbocycles. The fourth-order valence-corrected chi connectivity index (χ4v) is 2.35. The van der Waals surface area contributed by atoms with Crippen molar-refractivity contribution in [2.75, 3.05) is 27.2 Å². The standard InChI is InChI=1S/C14H32N2/c1-6-9-10-11-15-12-14(16(4)5)13(7-2)8-3/h13-15H,6-12H2,1-5H3. The minimum absolute atomic E-state index is 0.691. The maximum atomic E-state index is 3.61. The van der Waals surface area contributed by atoms with Crippen molar-refractivity contribution in [1.82, 2.24) is 10.2 Å². The molecule has 98 valence electrons. The Balaban J connectivity index is 3.85. The van der Waals surface area contributed by atoms with Crippen LogP contribution in [-0.4, -0.2) is 38.1 Å². The molecule has 0 fully saturated rings. The molecule has 2 heteroatoms. The fourth-order valence-electron chi connectivity index (χ4n) is 2.35. The molecule has 0 spiro atoms. The first-order valence-corrected chi connectivity index (χ1v) is 7.04. The minimum Gasteiger partial charge on any atom is -0.315 e. The van der Waals surface area contributed by atoms with E-state index in [2.05, 4.69) is 45.1 Å². The zero-order chi connectivity index (χ0) is 12.4. The molecule has 0 radical (unpaired) electrons. The first-order valence-electron chi connectivity index (χ1n) is 7.04. The lowest BCUT2D eigenvalue weighted by Gasteiger charge is -2.31. The molecule has 0 aliphatic carbocycles. The normalized spacial score (nSPS) is 13.7. The van der Waals surface area contributed by atoms with Gasteiger partial charge in [0.25, 0.3) is 0 Å². The molecule has 1 unspecified atom stereocenters. The zero-order valence-electron chi connectivity index (χ0n) is 12.1. The van der Waals surface area contributed by atoms with Crippen LogP contribution >= 0.6 is 0 Å². The number of nitrogens with zero attached hydrogens (tertiary/aromatic N) is 1. The van der Waals surface area contributed by atoms with Gasteiger partial charge in [-0.05, 0) is 33.0 Å². The van der Waals surface area contributed by atoms with Crippen molar-refractivity contribution < 1.29 is 0 Å². The highest BCUT2D eigenvalue weighted by Crippen LogP contribution is 2.16. The summed E-state index contributed by atoms with van der Waals surface area (Å²) >= 11 is 0. The molecule has 0 heterocycles. The summed E-state index contributed by atoms with van der Waals surface area (Å²) in [6, 6.07) is 0.691. The summed E-state index contributed by atoms with van der Waals surface area (Å²) < 4.78 is 0. The first-order chi connectivity index (χ1) is 7.67. The van der Waals surface area contributed by atoms with Crippen molar-refractivity contribution in [3.05, 3.63) is 0 Å². The van der Waals surface area contributed by atoms with Crippen molar-refractivity contribution in [2.45, 2.75) is 58.9 Å². The van der Waals surface area contributed by atoms with Crippen LogP contribution in [0.4, 0.5) is 0 Å². The van der Waals surface area contributed by atoms with Gasteiger partial charge in [-0.25, -0.2) is 0 Å². The largest absolute Gasteiger partial charge is 0.315 e. The Morgan fingerprint density at radius 1 is 1.00 bits per heavy atom. The molecule has 0 aromatic heterocycles.